The van der Waals surface area contributed by atoms with Crippen molar-refractivity contribution in [1.82, 2.24) is 9.55 Å². The first kappa shape index (κ1) is 18.8. The summed E-state index contributed by atoms with van der Waals surface area (Å²) in [5.74, 6) is 0.490. The van der Waals surface area contributed by atoms with Crippen molar-refractivity contribution >= 4 is 27.8 Å². The molecule has 2 aromatic heterocycles. The van der Waals surface area contributed by atoms with Crippen LogP contribution in [-0.4, -0.2) is 15.5 Å². The molecular weight excluding hydrogens is 392 g/mol. The second kappa shape index (κ2) is 7.91. The smallest absolute Gasteiger partial charge is 0.326 e. The third kappa shape index (κ3) is 3.59. The largest absolute Gasteiger partial charge is 0.454 e. The summed E-state index contributed by atoms with van der Waals surface area (Å²) in [7, 11) is 0. The van der Waals surface area contributed by atoms with Gasteiger partial charge in [0.2, 0.25) is 5.89 Å². The Hall–Kier alpha value is -4.19. The zero-order valence-electron chi connectivity index (χ0n) is 16.5. The number of nitrogens with zero attached hydrogens (tertiary/aromatic N) is 2. The summed E-state index contributed by atoms with van der Waals surface area (Å²) in [4.78, 5) is 29.6. The van der Waals surface area contributed by atoms with Gasteiger partial charge in [0.05, 0.1) is 17.2 Å². The van der Waals surface area contributed by atoms with Crippen molar-refractivity contribution in [1.29, 1.82) is 0 Å². The van der Waals surface area contributed by atoms with E-state index in [1.165, 1.54) is 0 Å². The predicted octanol–water partition coefficient (Wildman–Crippen LogP) is 4.55. The van der Waals surface area contributed by atoms with Crippen LogP contribution in [0.5, 0.6) is 0 Å². The highest BCUT2D eigenvalue weighted by Crippen LogP contribution is 2.21. The molecule has 0 fully saturated rings. The molecule has 0 aliphatic carbocycles. The maximum atomic E-state index is 12.8. The van der Waals surface area contributed by atoms with E-state index in [2.05, 4.69) is 4.98 Å². The van der Waals surface area contributed by atoms with E-state index in [9.17, 15) is 9.59 Å². The van der Waals surface area contributed by atoms with Crippen LogP contribution in [0.15, 0.2) is 94.3 Å². The summed E-state index contributed by atoms with van der Waals surface area (Å²) in [6.07, 6.45) is 1.61. The molecule has 0 spiro atoms. The number of fused-ring (bicyclic) bond motifs is 2. The SMILES string of the molecule is O=C(Cn1c2ccccc2c(=O)c2ccccc21)OCc1ncc(-c2ccccc2)o1. The predicted molar refractivity (Wildman–Crippen MR) is 117 cm³/mol. The summed E-state index contributed by atoms with van der Waals surface area (Å²) < 4.78 is 12.9. The van der Waals surface area contributed by atoms with Crippen LogP contribution in [0.1, 0.15) is 5.89 Å². The van der Waals surface area contributed by atoms with Crippen LogP contribution < -0.4 is 5.43 Å². The fourth-order valence-corrected chi connectivity index (χ4v) is 3.68. The molecule has 0 unspecified atom stereocenters. The Morgan fingerprint density at radius 3 is 2.16 bits per heavy atom. The van der Waals surface area contributed by atoms with Gasteiger partial charge >= 0.3 is 5.97 Å². The molecule has 2 heterocycles. The first-order chi connectivity index (χ1) is 15.2. The molecule has 0 aliphatic rings. The molecule has 6 nitrogen and oxygen atoms in total. The number of benzene rings is 3. The maximum Gasteiger partial charge on any atom is 0.326 e. The van der Waals surface area contributed by atoms with E-state index in [0.717, 1.165) is 5.56 Å². The Morgan fingerprint density at radius 1 is 0.871 bits per heavy atom. The Labute approximate surface area is 177 Å². The number of hydrogen-bond acceptors (Lipinski definition) is 5. The standard InChI is InChI=1S/C25H18N2O4/c28-24(30-16-23-26-14-22(31-23)17-8-2-1-3-9-17)15-27-20-12-6-4-10-18(20)25(29)19-11-5-7-13-21(19)27/h1-14H,15-16H2. The minimum absolute atomic E-state index is 0.0342. The highest BCUT2D eigenvalue weighted by Gasteiger charge is 2.15. The minimum Gasteiger partial charge on any atom is -0.454 e. The molecule has 0 saturated heterocycles. The van der Waals surface area contributed by atoms with Crippen LogP contribution in [0.3, 0.4) is 0 Å². The molecule has 0 saturated carbocycles. The molecule has 5 rings (SSSR count). The van der Waals surface area contributed by atoms with Gasteiger partial charge in [-0.3, -0.25) is 9.59 Å². The van der Waals surface area contributed by atoms with Crippen LogP contribution in [0.4, 0.5) is 0 Å². The van der Waals surface area contributed by atoms with E-state index >= 15 is 0 Å². The number of carbonyl (C=O) groups is 1. The number of pyridine rings is 1. The number of hydrogen-bond donors (Lipinski definition) is 0. The van der Waals surface area contributed by atoms with Gasteiger partial charge in [0.15, 0.2) is 17.8 Å². The number of esters is 1. The average Bonchev–Trinajstić information content (AvgIpc) is 3.30. The lowest BCUT2D eigenvalue weighted by Crippen LogP contribution is -2.18. The van der Waals surface area contributed by atoms with Gasteiger partial charge < -0.3 is 13.7 Å². The van der Waals surface area contributed by atoms with E-state index < -0.39 is 5.97 Å². The maximum absolute atomic E-state index is 12.8. The van der Waals surface area contributed by atoms with Gasteiger partial charge in [-0.25, -0.2) is 4.98 Å². The van der Waals surface area contributed by atoms with Gasteiger partial charge in [0.1, 0.15) is 6.54 Å². The van der Waals surface area contributed by atoms with Gasteiger partial charge in [-0.2, -0.15) is 0 Å². The van der Waals surface area contributed by atoms with Crippen LogP contribution in [0.2, 0.25) is 0 Å². The average molecular weight is 410 g/mol. The molecule has 0 atom stereocenters. The summed E-state index contributed by atoms with van der Waals surface area (Å²) in [5.41, 5.74) is 2.22. The van der Waals surface area contributed by atoms with Gasteiger partial charge in [0, 0.05) is 16.3 Å². The second-order valence-electron chi connectivity index (χ2n) is 7.09. The van der Waals surface area contributed by atoms with E-state index in [1.54, 1.807) is 22.9 Å². The first-order valence-corrected chi connectivity index (χ1v) is 9.87. The number of para-hydroxylation sites is 2. The highest BCUT2D eigenvalue weighted by molar-refractivity contribution is 5.94. The van der Waals surface area contributed by atoms with Crippen molar-refractivity contribution in [2.24, 2.45) is 0 Å². The minimum atomic E-state index is -0.446. The van der Waals surface area contributed by atoms with E-state index in [1.807, 2.05) is 66.7 Å². The molecule has 6 heteroatoms. The third-order valence-electron chi connectivity index (χ3n) is 5.13. The van der Waals surface area contributed by atoms with Crippen LogP contribution in [-0.2, 0) is 22.7 Å². The van der Waals surface area contributed by atoms with Gasteiger partial charge in [-0.1, -0.05) is 54.6 Å². The number of aromatic nitrogens is 2. The van der Waals surface area contributed by atoms with Crippen molar-refractivity contribution in [2.75, 3.05) is 0 Å². The normalized spacial score (nSPS) is 11.1. The Kier molecular flexibility index (Phi) is 4.80. The first-order valence-electron chi connectivity index (χ1n) is 9.87. The topological polar surface area (TPSA) is 74.3 Å². The molecule has 5 aromatic rings. The molecule has 0 bridgehead atoms. The zero-order valence-corrected chi connectivity index (χ0v) is 16.5. The number of ether oxygens (including phenoxy) is 1. The summed E-state index contributed by atoms with van der Waals surface area (Å²) in [6, 6.07) is 24.1. The van der Waals surface area contributed by atoms with Gasteiger partial charge in [-0.15, -0.1) is 0 Å². The molecule has 3 aromatic carbocycles. The fraction of sp³-hybridized carbons (Fsp3) is 0.0800. The number of rotatable bonds is 5. The summed E-state index contributed by atoms with van der Waals surface area (Å²) >= 11 is 0. The van der Waals surface area contributed by atoms with E-state index in [-0.39, 0.29) is 18.6 Å². The number of carbonyl (C=O) groups excluding carboxylic acids is 1. The molecule has 0 radical (unpaired) electrons. The lowest BCUT2D eigenvalue weighted by atomic mass is 10.1. The second-order valence-corrected chi connectivity index (χ2v) is 7.09. The zero-order chi connectivity index (χ0) is 21.2. The molecule has 0 N–H and O–H groups in total. The van der Waals surface area contributed by atoms with Crippen LogP contribution >= 0.6 is 0 Å². The quantitative estimate of drug-likeness (QED) is 0.314. The molecular formula is C25H18N2O4. The van der Waals surface area contributed by atoms with E-state index in [0.29, 0.717) is 33.5 Å². The van der Waals surface area contributed by atoms with Crippen molar-refractivity contribution in [3.8, 4) is 11.3 Å². The van der Waals surface area contributed by atoms with Crippen molar-refractivity contribution in [3.63, 3.8) is 0 Å². The number of oxazole rings is 1. The Bertz CT molecular complexity index is 1390. The summed E-state index contributed by atoms with van der Waals surface area (Å²) in [5, 5.41) is 1.13. The van der Waals surface area contributed by atoms with Gasteiger partial charge in [0.25, 0.3) is 0 Å². The fourth-order valence-electron chi connectivity index (χ4n) is 3.68. The van der Waals surface area contributed by atoms with E-state index in [4.69, 9.17) is 9.15 Å². The molecule has 31 heavy (non-hydrogen) atoms. The summed E-state index contributed by atoms with van der Waals surface area (Å²) in [6.45, 7) is -0.102. The third-order valence-corrected chi connectivity index (χ3v) is 5.13. The van der Waals surface area contributed by atoms with Crippen molar-refractivity contribution in [3.05, 3.63) is 101 Å². The molecule has 152 valence electrons. The van der Waals surface area contributed by atoms with Crippen LogP contribution in [0.25, 0.3) is 33.1 Å². The molecule has 0 amide bonds. The van der Waals surface area contributed by atoms with Crippen molar-refractivity contribution < 1.29 is 13.9 Å². The molecule has 0 aliphatic heterocycles. The highest BCUT2D eigenvalue weighted by atomic mass is 16.5. The monoisotopic (exact) mass is 410 g/mol. The Balaban J connectivity index is 1.39. The Morgan fingerprint density at radius 2 is 1.48 bits per heavy atom. The lowest BCUT2D eigenvalue weighted by molar-refractivity contribution is -0.146. The van der Waals surface area contributed by atoms with Gasteiger partial charge in [-0.05, 0) is 24.3 Å². The lowest BCUT2D eigenvalue weighted by Gasteiger charge is -2.14. The van der Waals surface area contributed by atoms with Crippen molar-refractivity contribution in [2.45, 2.75) is 13.2 Å². The van der Waals surface area contributed by atoms with Crippen LogP contribution in [0, 0.1) is 0 Å².